The molecule has 0 atom stereocenters. The molecule has 17 heavy (non-hydrogen) atoms. The highest BCUT2D eigenvalue weighted by molar-refractivity contribution is 5.62. The van der Waals surface area contributed by atoms with Gasteiger partial charge in [0.25, 0.3) is 0 Å². The van der Waals surface area contributed by atoms with Crippen LogP contribution in [0.2, 0.25) is 0 Å². The highest BCUT2D eigenvalue weighted by Gasteiger charge is 2.16. The van der Waals surface area contributed by atoms with E-state index in [4.69, 9.17) is 0 Å². The summed E-state index contributed by atoms with van der Waals surface area (Å²) >= 11 is 0. The number of pyridine rings is 1. The molecule has 2 aromatic rings. The largest absolute Gasteiger partial charge is 0.269 e. The van der Waals surface area contributed by atoms with E-state index in [0.29, 0.717) is 0 Å². The third-order valence-electron chi connectivity index (χ3n) is 3.36. The zero-order chi connectivity index (χ0) is 11.8. The summed E-state index contributed by atoms with van der Waals surface area (Å²) in [6, 6.07) is 4.26. The van der Waals surface area contributed by atoms with Gasteiger partial charge in [0.2, 0.25) is 0 Å². The van der Waals surface area contributed by atoms with Crippen LogP contribution in [-0.4, -0.2) is 14.8 Å². The second-order valence-corrected chi connectivity index (χ2v) is 4.86. The molecule has 88 valence electrons. The molecule has 0 aliphatic carbocycles. The average Bonchev–Trinajstić information content (AvgIpc) is 2.71. The first-order valence-electron chi connectivity index (χ1n) is 6.24. The minimum Gasteiger partial charge on any atom is -0.269 e. The van der Waals surface area contributed by atoms with Crippen molar-refractivity contribution in [2.75, 3.05) is 0 Å². The van der Waals surface area contributed by atoms with Crippen LogP contribution in [-0.2, 0) is 13.0 Å². The molecule has 3 rings (SSSR count). The first-order chi connectivity index (χ1) is 8.24. The molecule has 0 unspecified atom stereocenters. The van der Waals surface area contributed by atoms with E-state index >= 15 is 0 Å². The molecule has 3 heteroatoms. The van der Waals surface area contributed by atoms with E-state index in [1.54, 1.807) is 0 Å². The van der Waals surface area contributed by atoms with Crippen LogP contribution < -0.4 is 0 Å². The van der Waals surface area contributed by atoms with Gasteiger partial charge in [0.15, 0.2) is 0 Å². The molecule has 0 aromatic carbocycles. The van der Waals surface area contributed by atoms with E-state index in [-0.39, 0.29) is 0 Å². The van der Waals surface area contributed by atoms with Crippen LogP contribution in [0.4, 0.5) is 0 Å². The molecule has 0 radical (unpaired) electrons. The molecule has 0 N–H and O–H groups in total. The molecule has 0 saturated heterocycles. The van der Waals surface area contributed by atoms with E-state index in [9.17, 15) is 0 Å². The standard InChI is InChI=1S/C14H17N3/c1-10-7-11(2)16-13(8-10)12-9-15-17-6-4-3-5-14(12)17/h7-9H,3-6H2,1-2H3. The molecule has 1 aliphatic heterocycles. The molecule has 0 fully saturated rings. The van der Waals surface area contributed by atoms with Crippen LogP contribution in [0.5, 0.6) is 0 Å². The number of nitrogens with zero attached hydrogens (tertiary/aromatic N) is 3. The number of aromatic nitrogens is 3. The van der Waals surface area contributed by atoms with E-state index in [2.05, 4.69) is 33.8 Å². The minimum absolute atomic E-state index is 1.06. The van der Waals surface area contributed by atoms with E-state index in [0.717, 1.165) is 24.4 Å². The summed E-state index contributed by atoms with van der Waals surface area (Å²) < 4.78 is 2.14. The third-order valence-corrected chi connectivity index (χ3v) is 3.36. The second kappa shape index (κ2) is 3.99. The Kier molecular flexibility index (Phi) is 2.46. The van der Waals surface area contributed by atoms with Gasteiger partial charge < -0.3 is 0 Å². The molecule has 3 heterocycles. The number of rotatable bonds is 1. The maximum absolute atomic E-state index is 4.63. The maximum Gasteiger partial charge on any atom is 0.0742 e. The summed E-state index contributed by atoms with van der Waals surface area (Å²) in [7, 11) is 0. The fourth-order valence-corrected chi connectivity index (χ4v) is 2.61. The molecular formula is C14H17N3. The molecule has 0 saturated carbocycles. The van der Waals surface area contributed by atoms with Crippen LogP contribution in [0.3, 0.4) is 0 Å². The molecule has 0 amide bonds. The predicted octanol–water partition coefficient (Wildman–Crippen LogP) is 2.90. The Bertz CT molecular complexity index is 534. The molecule has 0 bridgehead atoms. The Hall–Kier alpha value is -1.64. The van der Waals surface area contributed by atoms with Crippen LogP contribution in [0.25, 0.3) is 11.3 Å². The van der Waals surface area contributed by atoms with E-state index in [1.165, 1.54) is 29.7 Å². The highest BCUT2D eigenvalue weighted by atomic mass is 15.3. The third kappa shape index (κ3) is 1.86. The zero-order valence-corrected chi connectivity index (χ0v) is 10.4. The SMILES string of the molecule is Cc1cc(C)nc(-c2cnn3c2CCCC3)c1. The van der Waals surface area contributed by atoms with Crippen molar-refractivity contribution in [2.45, 2.75) is 39.7 Å². The Labute approximate surface area is 101 Å². The summed E-state index contributed by atoms with van der Waals surface area (Å²) in [6.07, 6.45) is 5.61. The van der Waals surface area contributed by atoms with Crippen LogP contribution in [0, 0.1) is 13.8 Å². The lowest BCUT2D eigenvalue weighted by Crippen LogP contribution is -2.11. The Morgan fingerprint density at radius 3 is 2.88 bits per heavy atom. The van der Waals surface area contributed by atoms with Crippen molar-refractivity contribution in [1.29, 1.82) is 0 Å². The van der Waals surface area contributed by atoms with Gasteiger partial charge in [-0.2, -0.15) is 5.10 Å². The smallest absolute Gasteiger partial charge is 0.0742 e. The lowest BCUT2D eigenvalue weighted by molar-refractivity contribution is 0.487. The topological polar surface area (TPSA) is 30.7 Å². The van der Waals surface area contributed by atoms with Gasteiger partial charge in [0, 0.05) is 23.5 Å². The van der Waals surface area contributed by atoms with E-state index in [1.807, 2.05) is 13.1 Å². The van der Waals surface area contributed by atoms with Crippen LogP contribution in [0.1, 0.15) is 29.8 Å². The van der Waals surface area contributed by atoms with Gasteiger partial charge in [-0.15, -0.1) is 0 Å². The van der Waals surface area contributed by atoms with Gasteiger partial charge in [0.1, 0.15) is 0 Å². The monoisotopic (exact) mass is 227 g/mol. The van der Waals surface area contributed by atoms with Gasteiger partial charge in [-0.3, -0.25) is 9.67 Å². The Morgan fingerprint density at radius 1 is 1.18 bits per heavy atom. The Balaban J connectivity index is 2.11. The molecular weight excluding hydrogens is 210 g/mol. The molecule has 1 aliphatic rings. The lowest BCUT2D eigenvalue weighted by Gasteiger charge is -2.14. The van der Waals surface area contributed by atoms with Crippen molar-refractivity contribution in [3.63, 3.8) is 0 Å². The first kappa shape index (κ1) is 10.5. The molecule has 0 spiro atoms. The van der Waals surface area contributed by atoms with Crippen molar-refractivity contribution in [2.24, 2.45) is 0 Å². The van der Waals surface area contributed by atoms with Crippen LogP contribution in [0.15, 0.2) is 18.3 Å². The van der Waals surface area contributed by atoms with Gasteiger partial charge in [-0.05, 0) is 50.8 Å². The highest BCUT2D eigenvalue weighted by Crippen LogP contribution is 2.27. The van der Waals surface area contributed by atoms with Crippen molar-refractivity contribution < 1.29 is 0 Å². The lowest BCUT2D eigenvalue weighted by atomic mass is 10.0. The van der Waals surface area contributed by atoms with Gasteiger partial charge in [0.05, 0.1) is 11.9 Å². The first-order valence-corrected chi connectivity index (χ1v) is 6.24. The number of fused-ring (bicyclic) bond motifs is 1. The zero-order valence-electron chi connectivity index (χ0n) is 10.4. The Morgan fingerprint density at radius 2 is 2.06 bits per heavy atom. The van der Waals surface area contributed by atoms with Crippen molar-refractivity contribution in [1.82, 2.24) is 14.8 Å². The quantitative estimate of drug-likeness (QED) is 0.750. The van der Waals surface area contributed by atoms with Gasteiger partial charge >= 0.3 is 0 Å². The van der Waals surface area contributed by atoms with Gasteiger partial charge in [-0.1, -0.05) is 0 Å². The normalized spacial score (nSPS) is 14.7. The summed E-state index contributed by atoms with van der Waals surface area (Å²) in [5, 5.41) is 4.47. The van der Waals surface area contributed by atoms with E-state index < -0.39 is 0 Å². The summed E-state index contributed by atoms with van der Waals surface area (Å²) in [5.41, 5.74) is 6.00. The number of hydrogen-bond donors (Lipinski definition) is 0. The van der Waals surface area contributed by atoms with Crippen molar-refractivity contribution in [3.05, 3.63) is 35.3 Å². The van der Waals surface area contributed by atoms with Crippen LogP contribution >= 0.6 is 0 Å². The number of hydrogen-bond acceptors (Lipinski definition) is 2. The summed E-state index contributed by atoms with van der Waals surface area (Å²) in [5.74, 6) is 0. The predicted molar refractivity (Wildman–Crippen MR) is 67.9 cm³/mol. The van der Waals surface area contributed by atoms with Gasteiger partial charge in [-0.25, -0.2) is 0 Å². The second-order valence-electron chi connectivity index (χ2n) is 4.86. The number of aryl methyl sites for hydroxylation is 3. The molecule has 3 nitrogen and oxygen atoms in total. The fourth-order valence-electron chi connectivity index (χ4n) is 2.61. The summed E-state index contributed by atoms with van der Waals surface area (Å²) in [4.78, 5) is 4.63. The minimum atomic E-state index is 1.06. The van der Waals surface area contributed by atoms with Crippen molar-refractivity contribution in [3.8, 4) is 11.3 Å². The fraction of sp³-hybridized carbons (Fsp3) is 0.429. The van der Waals surface area contributed by atoms with Crippen molar-refractivity contribution >= 4 is 0 Å². The maximum atomic E-state index is 4.63. The average molecular weight is 227 g/mol. The molecule has 2 aromatic heterocycles. The summed E-state index contributed by atoms with van der Waals surface area (Å²) in [6.45, 7) is 5.22.